The molecule has 3 aliphatic rings. The summed E-state index contributed by atoms with van der Waals surface area (Å²) in [6, 6.07) is 2.02. The van der Waals surface area contributed by atoms with Crippen LogP contribution in [0.5, 0.6) is 0 Å². The summed E-state index contributed by atoms with van der Waals surface area (Å²) in [6.07, 6.45) is 10.3. The van der Waals surface area contributed by atoms with Gasteiger partial charge in [0.1, 0.15) is 5.82 Å². The number of hydrogen-bond donors (Lipinski definition) is 0. The second-order valence-corrected chi connectivity index (χ2v) is 6.91. The maximum absolute atomic E-state index is 12.3. The third-order valence-corrected chi connectivity index (χ3v) is 5.28. The highest BCUT2D eigenvalue weighted by Crippen LogP contribution is 2.32. The lowest BCUT2D eigenvalue weighted by molar-refractivity contribution is -0.111. The van der Waals surface area contributed by atoms with Crippen LogP contribution >= 0.6 is 0 Å². The van der Waals surface area contributed by atoms with Gasteiger partial charge in [-0.15, -0.1) is 0 Å². The summed E-state index contributed by atoms with van der Waals surface area (Å²) in [5.41, 5.74) is 2.26. The third kappa shape index (κ3) is 2.72. The summed E-state index contributed by atoms with van der Waals surface area (Å²) in [5, 5.41) is 0. The zero-order chi connectivity index (χ0) is 16.5. The molecule has 0 saturated carbocycles. The van der Waals surface area contributed by atoms with E-state index in [1.54, 1.807) is 6.20 Å². The number of likely N-dealkylation sites (tertiary alicyclic amines) is 1. The van der Waals surface area contributed by atoms with E-state index in [-0.39, 0.29) is 0 Å². The molecule has 126 valence electrons. The van der Waals surface area contributed by atoms with Crippen LogP contribution in [0.1, 0.15) is 54.4 Å². The predicted octanol–water partition coefficient (Wildman–Crippen LogP) is 2.66. The molecule has 0 amide bonds. The van der Waals surface area contributed by atoms with Gasteiger partial charge in [-0.1, -0.05) is 0 Å². The van der Waals surface area contributed by atoms with Gasteiger partial charge in [0.05, 0.1) is 5.56 Å². The Bertz CT molecular complexity index is 699. The van der Waals surface area contributed by atoms with Crippen molar-refractivity contribution in [1.29, 1.82) is 0 Å². The number of pyridine rings is 1. The topological polar surface area (TPSA) is 53.5 Å². The summed E-state index contributed by atoms with van der Waals surface area (Å²) in [6.45, 7) is 3.94. The highest BCUT2D eigenvalue weighted by molar-refractivity contribution is 6.50. The van der Waals surface area contributed by atoms with Gasteiger partial charge in [-0.25, -0.2) is 4.98 Å². The summed E-state index contributed by atoms with van der Waals surface area (Å²) >= 11 is 0. The molecule has 3 heterocycles. The number of allylic oxidation sites excluding steroid dienone is 1. The van der Waals surface area contributed by atoms with Crippen molar-refractivity contribution in [2.24, 2.45) is 0 Å². The second-order valence-electron chi connectivity index (χ2n) is 6.91. The number of aromatic nitrogens is 1. The molecule has 0 spiro atoms. The SMILES string of the molecule is O=C1C=C(N2CCCCC2)c2cc(N3CCCCC3)ncc2C1=O. The zero-order valence-corrected chi connectivity index (χ0v) is 14.0. The molecule has 5 heteroatoms. The van der Waals surface area contributed by atoms with E-state index in [2.05, 4.69) is 14.8 Å². The van der Waals surface area contributed by atoms with Crippen LogP contribution in [-0.4, -0.2) is 47.6 Å². The van der Waals surface area contributed by atoms with Gasteiger partial charge in [0.25, 0.3) is 0 Å². The normalized spacial score (nSPS) is 21.6. The Balaban J connectivity index is 1.73. The van der Waals surface area contributed by atoms with Crippen molar-refractivity contribution in [3.63, 3.8) is 0 Å². The molecule has 1 aromatic rings. The number of Topliss-reactive ketones (excluding diaryl/α,β-unsaturated/α-hetero) is 1. The van der Waals surface area contributed by atoms with Gasteiger partial charge in [-0.05, 0) is 44.6 Å². The fraction of sp³-hybridized carbons (Fsp3) is 0.526. The number of hydrogen-bond acceptors (Lipinski definition) is 5. The van der Waals surface area contributed by atoms with Crippen LogP contribution in [0.25, 0.3) is 5.70 Å². The minimum atomic E-state index is -0.427. The molecule has 0 radical (unpaired) electrons. The molecule has 2 fully saturated rings. The van der Waals surface area contributed by atoms with Crippen molar-refractivity contribution in [2.45, 2.75) is 38.5 Å². The fourth-order valence-electron chi connectivity index (χ4n) is 3.93. The van der Waals surface area contributed by atoms with E-state index in [0.29, 0.717) is 5.56 Å². The lowest BCUT2D eigenvalue weighted by Gasteiger charge is -2.34. The first-order valence-corrected chi connectivity index (χ1v) is 9.05. The Morgan fingerprint density at radius 2 is 1.42 bits per heavy atom. The van der Waals surface area contributed by atoms with Crippen LogP contribution in [0, 0.1) is 0 Å². The molecule has 4 rings (SSSR count). The van der Waals surface area contributed by atoms with Gasteiger partial charge in [0.2, 0.25) is 11.6 Å². The van der Waals surface area contributed by atoms with Crippen molar-refractivity contribution in [3.05, 3.63) is 29.5 Å². The molecule has 0 atom stereocenters. The minimum absolute atomic E-state index is 0.421. The van der Waals surface area contributed by atoms with Crippen LogP contribution in [0.3, 0.4) is 0 Å². The first-order valence-electron chi connectivity index (χ1n) is 9.05. The second kappa shape index (κ2) is 6.38. The minimum Gasteiger partial charge on any atom is -0.371 e. The van der Waals surface area contributed by atoms with Crippen LogP contribution in [0.15, 0.2) is 18.3 Å². The highest BCUT2D eigenvalue weighted by atomic mass is 16.2. The Hall–Kier alpha value is -2.17. The van der Waals surface area contributed by atoms with Crippen LogP contribution < -0.4 is 4.90 Å². The van der Waals surface area contributed by atoms with Crippen molar-refractivity contribution in [3.8, 4) is 0 Å². The molecule has 5 nitrogen and oxygen atoms in total. The van der Waals surface area contributed by atoms with Crippen LogP contribution in [0.2, 0.25) is 0 Å². The maximum atomic E-state index is 12.3. The van der Waals surface area contributed by atoms with Crippen molar-refractivity contribution in [2.75, 3.05) is 31.1 Å². The molecule has 0 bridgehead atoms. The Labute approximate surface area is 142 Å². The quantitative estimate of drug-likeness (QED) is 0.783. The lowest BCUT2D eigenvalue weighted by atomic mass is 9.92. The molecular weight excluding hydrogens is 302 g/mol. The van der Waals surface area contributed by atoms with Crippen molar-refractivity contribution < 1.29 is 9.59 Å². The van der Waals surface area contributed by atoms with E-state index in [9.17, 15) is 9.59 Å². The molecule has 1 aromatic heterocycles. The molecule has 2 saturated heterocycles. The van der Waals surface area contributed by atoms with Gasteiger partial charge < -0.3 is 9.80 Å². The maximum Gasteiger partial charge on any atom is 0.235 e. The molecule has 1 aliphatic carbocycles. The first kappa shape index (κ1) is 15.4. The summed E-state index contributed by atoms with van der Waals surface area (Å²) < 4.78 is 0. The van der Waals surface area contributed by atoms with E-state index in [0.717, 1.165) is 56.1 Å². The van der Waals surface area contributed by atoms with Gasteiger partial charge >= 0.3 is 0 Å². The highest BCUT2D eigenvalue weighted by Gasteiger charge is 2.30. The Morgan fingerprint density at radius 3 is 2.08 bits per heavy atom. The molecule has 0 unspecified atom stereocenters. The smallest absolute Gasteiger partial charge is 0.235 e. The van der Waals surface area contributed by atoms with Crippen LogP contribution in [-0.2, 0) is 4.79 Å². The molecule has 2 aliphatic heterocycles. The monoisotopic (exact) mass is 325 g/mol. The number of carbonyl (C=O) groups excluding carboxylic acids is 2. The van der Waals surface area contributed by atoms with Crippen LogP contribution in [0.4, 0.5) is 5.82 Å². The van der Waals surface area contributed by atoms with Gasteiger partial charge in [-0.3, -0.25) is 9.59 Å². The van der Waals surface area contributed by atoms with E-state index < -0.39 is 11.6 Å². The van der Waals surface area contributed by atoms with Gasteiger partial charge in [-0.2, -0.15) is 0 Å². The Kier molecular flexibility index (Phi) is 4.08. The number of fused-ring (bicyclic) bond motifs is 1. The van der Waals surface area contributed by atoms with E-state index in [1.807, 2.05) is 6.07 Å². The number of carbonyl (C=O) groups is 2. The number of anilines is 1. The average molecular weight is 325 g/mol. The summed E-state index contributed by atoms with van der Waals surface area (Å²) in [4.78, 5) is 33.4. The third-order valence-electron chi connectivity index (χ3n) is 5.28. The standard InChI is InChI=1S/C19H23N3O2/c23-17-12-16(21-7-3-1-4-8-21)14-11-18(20-13-15(14)19(17)24)22-9-5-2-6-10-22/h11-13H,1-10H2. The van der Waals surface area contributed by atoms with Gasteiger partial charge in [0, 0.05) is 49.7 Å². The van der Waals surface area contributed by atoms with Crippen molar-refractivity contribution >= 4 is 23.1 Å². The van der Waals surface area contributed by atoms with E-state index in [1.165, 1.54) is 31.8 Å². The van der Waals surface area contributed by atoms with Crippen molar-refractivity contribution in [1.82, 2.24) is 9.88 Å². The molecule has 0 N–H and O–H groups in total. The summed E-state index contributed by atoms with van der Waals surface area (Å²) in [7, 11) is 0. The fourth-order valence-corrected chi connectivity index (χ4v) is 3.93. The predicted molar refractivity (Wildman–Crippen MR) is 93.0 cm³/mol. The summed E-state index contributed by atoms with van der Waals surface area (Å²) in [5.74, 6) is 0.0811. The number of piperidine rings is 2. The molecule has 0 aromatic carbocycles. The average Bonchev–Trinajstić information content (AvgIpc) is 2.66. The Morgan fingerprint density at radius 1 is 0.792 bits per heavy atom. The molecular formula is C19H23N3O2. The van der Waals surface area contributed by atoms with E-state index in [4.69, 9.17) is 0 Å². The largest absolute Gasteiger partial charge is 0.371 e. The molecule has 24 heavy (non-hydrogen) atoms. The van der Waals surface area contributed by atoms with E-state index >= 15 is 0 Å². The number of ketones is 2. The lowest BCUT2D eigenvalue weighted by Crippen LogP contribution is -2.34. The van der Waals surface area contributed by atoms with Gasteiger partial charge in [0.15, 0.2) is 0 Å². The number of rotatable bonds is 2. The first-order chi connectivity index (χ1) is 11.7. The number of nitrogens with zero attached hydrogens (tertiary/aromatic N) is 3. The zero-order valence-electron chi connectivity index (χ0n) is 14.0.